The fourth-order valence-electron chi connectivity index (χ4n) is 0.0833. The molecule has 0 rings (SSSR count). The molecule has 0 bridgehead atoms. The van der Waals surface area contributed by atoms with Gasteiger partial charge in [0, 0.05) is 6.54 Å². The van der Waals surface area contributed by atoms with Gasteiger partial charge in [-0.3, -0.25) is 0 Å². The normalized spacial score (nSPS) is 7.20. The number of hydrogen-bond acceptors (Lipinski definition) is 1. The lowest BCUT2D eigenvalue weighted by atomic mass is 10.4. The Morgan fingerprint density at radius 3 is 2.60 bits per heavy atom. The molecule has 5 heavy (non-hydrogen) atoms. The van der Waals surface area contributed by atoms with E-state index in [2.05, 4.69) is 11.8 Å². The molecular weight excluding hydrogens is 60.9 g/mol. The summed E-state index contributed by atoms with van der Waals surface area (Å²) in [5, 5.41) is 2.40. The van der Waals surface area contributed by atoms with E-state index in [-0.39, 0.29) is 0 Å². The van der Waals surface area contributed by atoms with Gasteiger partial charge in [0.1, 0.15) is 0 Å². The zero-order chi connectivity index (χ0) is 4.12. The highest BCUT2D eigenvalue weighted by Crippen LogP contribution is 1.47. The minimum Gasteiger partial charge on any atom is -0.363 e. The van der Waals surface area contributed by atoms with Gasteiger partial charge in [-0.05, 0) is 0 Å². The molecule has 0 aromatic carbocycles. The van der Waals surface area contributed by atoms with Crippen LogP contribution in [0.3, 0.4) is 0 Å². The van der Waals surface area contributed by atoms with Gasteiger partial charge in [-0.15, -0.1) is 6.58 Å². The van der Waals surface area contributed by atoms with Crippen LogP contribution in [0.2, 0.25) is 0 Å². The molecule has 2 heteroatoms. The molecule has 0 aliphatic heterocycles. The van der Waals surface area contributed by atoms with E-state index >= 15 is 0 Å². The Labute approximate surface area is 33.5 Å². The molecule has 0 unspecified atom stereocenters. The van der Waals surface area contributed by atoms with Crippen LogP contribution in [0.5, 0.6) is 0 Å². The standard InChI is InChI=1S/C3H6BN/c1-2-3-5-4/h2,5H,1,3H2. The average Bonchev–Trinajstić information content (AvgIpc) is 1.41. The smallest absolute Gasteiger partial charge is 0.178 e. The molecule has 0 amide bonds. The molecule has 1 nitrogen and oxygen atoms in total. The van der Waals surface area contributed by atoms with Crippen molar-refractivity contribution in [1.82, 2.24) is 5.23 Å². The maximum atomic E-state index is 4.82. The Hall–Kier alpha value is -0.235. The second kappa shape index (κ2) is 3.76. The summed E-state index contributed by atoms with van der Waals surface area (Å²) in [6.07, 6.45) is 1.69. The molecule has 0 saturated carbocycles. The van der Waals surface area contributed by atoms with Crippen molar-refractivity contribution >= 4 is 7.98 Å². The van der Waals surface area contributed by atoms with Gasteiger partial charge >= 0.3 is 0 Å². The molecule has 26 valence electrons. The highest BCUT2D eigenvalue weighted by molar-refractivity contribution is 6.04. The van der Waals surface area contributed by atoms with Gasteiger partial charge in [0.05, 0.1) is 0 Å². The van der Waals surface area contributed by atoms with Crippen LogP contribution in [0.15, 0.2) is 12.7 Å². The zero-order valence-corrected chi connectivity index (χ0v) is 3.07. The predicted molar refractivity (Wildman–Crippen MR) is 24.0 cm³/mol. The molecule has 0 heterocycles. The van der Waals surface area contributed by atoms with Crippen LogP contribution in [-0.2, 0) is 0 Å². The van der Waals surface area contributed by atoms with Crippen LogP contribution in [0.1, 0.15) is 0 Å². The molecule has 0 spiro atoms. The van der Waals surface area contributed by atoms with E-state index < -0.39 is 0 Å². The van der Waals surface area contributed by atoms with Crippen molar-refractivity contribution in [3.63, 3.8) is 0 Å². The van der Waals surface area contributed by atoms with Crippen LogP contribution in [0, 0.1) is 0 Å². The van der Waals surface area contributed by atoms with Gasteiger partial charge in [0.25, 0.3) is 0 Å². The second-order valence-corrected chi connectivity index (χ2v) is 0.697. The molecule has 0 fully saturated rings. The molecule has 0 saturated heterocycles. The summed E-state index contributed by atoms with van der Waals surface area (Å²) >= 11 is 0. The van der Waals surface area contributed by atoms with Crippen molar-refractivity contribution in [3.8, 4) is 0 Å². The fraction of sp³-hybridized carbons (Fsp3) is 0.333. The second-order valence-electron chi connectivity index (χ2n) is 0.697. The van der Waals surface area contributed by atoms with E-state index in [9.17, 15) is 0 Å². The first-order chi connectivity index (χ1) is 2.41. The van der Waals surface area contributed by atoms with Crippen LogP contribution >= 0.6 is 0 Å². The van der Waals surface area contributed by atoms with Gasteiger partial charge in [-0.25, -0.2) is 0 Å². The van der Waals surface area contributed by atoms with Crippen molar-refractivity contribution in [3.05, 3.63) is 12.7 Å². The monoisotopic (exact) mass is 67.1 g/mol. The lowest BCUT2D eigenvalue weighted by molar-refractivity contribution is 1.11. The van der Waals surface area contributed by atoms with E-state index in [0.717, 1.165) is 0 Å². The highest BCUT2D eigenvalue weighted by Gasteiger charge is 1.57. The van der Waals surface area contributed by atoms with Gasteiger partial charge in [-0.2, -0.15) is 0 Å². The van der Waals surface area contributed by atoms with Crippen molar-refractivity contribution < 1.29 is 0 Å². The summed E-state index contributed by atoms with van der Waals surface area (Å²) in [5.74, 6) is 0. The SMILES string of the molecule is [B]NCC=C. The van der Waals surface area contributed by atoms with E-state index in [1.165, 1.54) is 0 Å². The number of hydrogen-bond donors (Lipinski definition) is 1. The van der Waals surface area contributed by atoms with Crippen molar-refractivity contribution in [2.75, 3.05) is 6.54 Å². The summed E-state index contributed by atoms with van der Waals surface area (Å²) < 4.78 is 0. The Balaban J connectivity index is 2.40. The molecule has 1 N–H and O–H groups in total. The Bertz CT molecular complexity index is 28.1. The topological polar surface area (TPSA) is 12.0 Å². The maximum Gasteiger partial charge on any atom is 0.178 e. The third kappa shape index (κ3) is 3.76. The third-order valence-corrected chi connectivity index (χ3v) is 0.262. The Kier molecular flexibility index (Phi) is 3.59. The quantitative estimate of drug-likeness (QED) is 0.349. The molecule has 0 aliphatic carbocycles. The largest absolute Gasteiger partial charge is 0.363 e. The van der Waals surface area contributed by atoms with Gasteiger partial charge in [0.2, 0.25) is 0 Å². The summed E-state index contributed by atoms with van der Waals surface area (Å²) in [7, 11) is 4.82. The predicted octanol–water partition coefficient (Wildman–Crippen LogP) is -0.155. The summed E-state index contributed by atoms with van der Waals surface area (Å²) in [5.41, 5.74) is 0. The van der Waals surface area contributed by atoms with Crippen molar-refractivity contribution in [1.29, 1.82) is 0 Å². The number of nitrogens with one attached hydrogen (secondary N) is 1. The first-order valence-electron chi connectivity index (χ1n) is 1.46. The van der Waals surface area contributed by atoms with Crippen LogP contribution in [0.25, 0.3) is 0 Å². The first kappa shape index (κ1) is 4.76. The lowest BCUT2D eigenvalue weighted by Gasteiger charge is -1.79. The molecular formula is C3H6BN. The Morgan fingerprint density at radius 1 is 2.00 bits per heavy atom. The minimum atomic E-state index is 0.681. The molecule has 0 aromatic rings. The first-order valence-corrected chi connectivity index (χ1v) is 1.46. The van der Waals surface area contributed by atoms with Gasteiger partial charge in [0.15, 0.2) is 7.98 Å². The van der Waals surface area contributed by atoms with Crippen LogP contribution in [0.4, 0.5) is 0 Å². The van der Waals surface area contributed by atoms with E-state index in [4.69, 9.17) is 7.98 Å². The zero-order valence-electron chi connectivity index (χ0n) is 3.07. The van der Waals surface area contributed by atoms with E-state index in [0.29, 0.717) is 6.54 Å². The third-order valence-electron chi connectivity index (χ3n) is 0.262. The average molecular weight is 66.9 g/mol. The molecule has 0 atom stereocenters. The summed E-state index contributed by atoms with van der Waals surface area (Å²) in [6, 6.07) is 0. The van der Waals surface area contributed by atoms with Crippen molar-refractivity contribution in [2.24, 2.45) is 0 Å². The lowest BCUT2D eigenvalue weighted by Crippen LogP contribution is -2.05. The van der Waals surface area contributed by atoms with Crippen LogP contribution < -0.4 is 5.23 Å². The summed E-state index contributed by atoms with van der Waals surface area (Å²) in [4.78, 5) is 0. The maximum absolute atomic E-state index is 4.82. The minimum absolute atomic E-state index is 0.681. The Morgan fingerprint density at radius 2 is 2.60 bits per heavy atom. The van der Waals surface area contributed by atoms with Gasteiger partial charge < -0.3 is 5.23 Å². The molecule has 0 aliphatic rings. The van der Waals surface area contributed by atoms with Crippen LogP contribution in [-0.4, -0.2) is 14.5 Å². The molecule has 2 radical (unpaired) electrons. The van der Waals surface area contributed by atoms with Gasteiger partial charge in [-0.1, -0.05) is 6.08 Å². The number of rotatable bonds is 2. The van der Waals surface area contributed by atoms with E-state index in [1.54, 1.807) is 6.08 Å². The van der Waals surface area contributed by atoms with E-state index in [1.807, 2.05) is 0 Å². The molecule has 0 aromatic heterocycles. The van der Waals surface area contributed by atoms with Crippen molar-refractivity contribution in [2.45, 2.75) is 0 Å². The highest BCUT2D eigenvalue weighted by atomic mass is 14.7. The summed E-state index contributed by atoms with van der Waals surface area (Å²) in [6.45, 7) is 4.09. The fourth-order valence-corrected chi connectivity index (χ4v) is 0.0833.